The Kier molecular flexibility index (Phi) is 2.93. The van der Waals surface area contributed by atoms with Crippen molar-refractivity contribution in [1.82, 2.24) is 4.98 Å². The summed E-state index contributed by atoms with van der Waals surface area (Å²) in [6.45, 7) is 0. The van der Waals surface area contributed by atoms with Crippen molar-refractivity contribution in [2.45, 2.75) is 12.5 Å². The van der Waals surface area contributed by atoms with Crippen molar-refractivity contribution in [1.29, 1.82) is 0 Å². The summed E-state index contributed by atoms with van der Waals surface area (Å²) in [5, 5.41) is 18.8. The van der Waals surface area contributed by atoms with Crippen LogP contribution in [0.1, 0.15) is 5.56 Å². The van der Waals surface area contributed by atoms with Gasteiger partial charge in [0.25, 0.3) is 0 Å². The number of rotatable bonds is 3. The number of fused-ring (bicyclic) bond motifs is 1. The zero-order valence-corrected chi connectivity index (χ0v) is 9.00. The normalized spacial score (nSPS) is 12.5. The zero-order valence-electron chi connectivity index (χ0n) is 9.00. The molecule has 0 saturated carbocycles. The van der Waals surface area contributed by atoms with E-state index in [2.05, 4.69) is 4.98 Å². The van der Waals surface area contributed by atoms with Gasteiger partial charge >= 0.3 is 5.97 Å². The number of aromatic nitrogens is 1. The lowest BCUT2D eigenvalue weighted by Crippen LogP contribution is -2.32. The Labute approximate surface area is 97.5 Å². The van der Waals surface area contributed by atoms with Gasteiger partial charge in [-0.05, 0) is 36.2 Å². The number of phenols is 1. The summed E-state index contributed by atoms with van der Waals surface area (Å²) in [5.74, 6) is -0.889. The summed E-state index contributed by atoms with van der Waals surface area (Å²) in [6.07, 6.45) is 1.82. The maximum atomic E-state index is 10.6. The Hall–Kier alpha value is -2.14. The topological polar surface area (TPSA) is 96.4 Å². The first-order chi connectivity index (χ1) is 8.06. The van der Waals surface area contributed by atoms with E-state index in [1.54, 1.807) is 30.5 Å². The van der Waals surface area contributed by atoms with Crippen molar-refractivity contribution in [2.24, 2.45) is 5.73 Å². The van der Waals surface area contributed by atoms with Crippen molar-refractivity contribution >= 4 is 16.9 Å². The van der Waals surface area contributed by atoms with Gasteiger partial charge in [-0.3, -0.25) is 9.78 Å². The molecular weight excluding hydrogens is 220 g/mol. The van der Waals surface area contributed by atoms with Crippen LogP contribution in [0.5, 0.6) is 5.75 Å². The van der Waals surface area contributed by atoms with Gasteiger partial charge in [0.1, 0.15) is 11.8 Å². The summed E-state index contributed by atoms with van der Waals surface area (Å²) >= 11 is 0. The van der Waals surface area contributed by atoms with E-state index in [1.807, 2.05) is 0 Å². The van der Waals surface area contributed by atoms with Gasteiger partial charge in [-0.1, -0.05) is 0 Å². The maximum Gasteiger partial charge on any atom is 0.320 e. The average molecular weight is 232 g/mol. The Morgan fingerprint density at radius 3 is 2.88 bits per heavy atom. The minimum atomic E-state index is -1.04. The summed E-state index contributed by atoms with van der Waals surface area (Å²) in [7, 11) is 0. The fourth-order valence-corrected chi connectivity index (χ4v) is 1.62. The van der Waals surface area contributed by atoms with Gasteiger partial charge in [0.05, 0.1) is 5.52 Å². The van der Waals surface area contributed by atoms with E-state index in [1.165, 1.54) is 0 Å². The predicted molar refractivity (Wildman–Crippen MR) is 62.7 cm³/mol. The van der Waals surface area contributed by atoms with Crippen molar-refractivity contribution in [3.63, 3.8) is 0 Å². The molecule has 2 aromatic rings. The Morgan fingerprint density at radius 2 is 2.18 bits per heavy atom. The van der Waals surface area contributed by atoms with Crippen molar-refractivity contribution in [3.8, 4) is 5.75 Å². The number of carboxylic acid groups (broad SMARTS) is 1. The van der Waals surface area contributed by atoms with Gasteiger partial charge in [0, 0.05) is 11.6 Å². The number of carboxylic acids is 1. The Balaban J connectivity index is 2.33. The van der Waals surface area contributed by atoms with Crippen molar-refractivity contribution in [2.75, 3.05) is 0 Å². The maximum absolute atomic E-state index is 10.6. The Morgan fingerprint density at radius 1 is 1.41 bits per heavy atom. The molecule has 1 aromatic heterocycles. The highest BCUT2D eigenvalue weighted by Gasteiger charge is 2.12. The van der Waals surface area contributed by atoms with Gasteiger partial charge in [0.2, 0.25) is 0 Å². The number of nitrogens with two attached hydrogens (primary N) is 1. The lowest BCUT2D eigenvalue weighted by molar-refractivity contribution is -0.138. The van der Waals surface area contributed by atoms with Gasteiger partial charge in [-0.2, -0.15) is 0 Å². The molecule has 5 nitrogen and oxygen atoms in total. The van der Waals surface area contributed by atoms with Gasteiger partial charge in [-0.25, -0.2) is 0 Å². The molecule has 0 unspecified atom stereocenters. The molecule has 1 aromatic carbocycles. The van der Waals surface area contributed by atoms with Crippen LogP contribution >= 0.6 is 0 Å². The fourth-order valence-electron chi connectivity index (χ4n) is 1.62. The van der Waals surface area contributed by atoms with Crippen LogP contribution in [-0.4, -0.2) is 27.2 Å². The second kappa shape index (κ2) is 4.39. The van der Waals surface area contributed by atoms with E-state index in [4.69, 9.17) is 10.8 Å². The van der Waals surface area contributed by atoms with E-state index in [9.17, 15) is 9.90 Å². The first kappa shape index (κ1) is 11.3. The van der Waals surface area contributed by atoms with E-state index < -0.39 is 12.0 Å². The highest BCUT2D eigenvalue weighted by Crippen LogP contribution is 2.19. The number of carbonyl (C=O) groups is 1. The SMILES string of the molecule is N[C@@H](Cc1cnc2ccc(O)cc2c1)C(=O)O. The third kappa shape index (κ3) is 2.51. The predicted octanol–water partition coefficient (Wildman–Crippen LogP) is 0.895. The van der Waals surface area contributed by atoms with Crippen LogP contribution in [0.4, 0.5) is 0 Å². The molecule has 2 rings (SSSR count). The van der Waals surface area contributed by atoms with Crippen LogP contribution in [0.3, 0.4) is 0 Å². The van der Waals surface area contributed by atoms with Crippen molar-refractivity contribution < 1.29 is 15.0 Å². The van der Waals surface area contributed by atoms with Crippen LogP contribution < -0.4 is 5.73 Å². The molecule has 5 heteroatoms. The summed E-state index contributed by atoms with van der Waals surface area (Å²) in [5.41, 5.74) is 6.93. The monoisotopic (exact) mass is 232 g/mol. The van der Waals surface area contributed by atoms with Gasteiger partial charge in [0.15, 0.2) is 0 Å². The van der Waals surface area contributed by atoms with Crippen LogP contribution in [0.25, 0.3) is 10.9 Å². The smallest absolute Gasteiger partial charge is 0.320 e. The summed E-state index contributed by atoms with van der Waals surface area (Å²) < 4.78 is 0. The number of aliphatic carboxylic acids is 1. The summed E-state index contributed by atoms with van der Waals surface area (Å²) in [6, 6.07) is 5.68. The fraction of sp³-hybridized carbons (Fsp3) is 0.167. The first-order valence-corrected chi connectivity index (χ1v) is 5.12. The standard InChI is InChI=1S/C12H12N2O3/c13-10(12(16)17)4-7-3-8-5-9(15)1-2-11(8)14-6-7/h1-3,5-6,10,15H,4,13H2,(H,16,17)/t10-/m0/s1. The highest BCUT2D eigenvalue weighted by atomic mass is 16.4. The zero-order chi connectivity index (χ0) is 12.4. The molecule has 0 aliphatic carbocycles. The quantitative estimate of drug-likeness (QED) is 0.730. The molecule has 4 N–H and O–H groups in total. The molecule has 0 spiro atoms. The average Bonchev–Trinajstić information content (AvgIpc) is 2.28. The molecule has 0 saturated heterocycles. The van der Waals surface area contributed by atoms with E-state index in [0.717, 1.165) is 16.5 Å². The molecule has 88 valence electrons. The van der Waals surface area contributed by atoms with E-state index in [-0.39, 0.29) is 12.2 Å². The number of benzene rings is 1. The number of aromatic hydroxyl groups is 1. The minimum Gasteiger partial charge on any atom is -0.508 e. The van der Waals surface area contributed by atoms with Crippen molar-refractivity contribution in [3.05, 3.63) is 36.0 Å². The molecule has 0 aliphatic heterocycles. The summed E-state index contributed by atoms with van der Waals surface area (Å²) in [4.78, 5) is 14.8. The lowest BCUT2D eigenvalue weighted by atomic mass is 10.1. The van der Waals surface area contributed by atoms with E-state index in [0.29, 0.717) is 0 Å². The third-order valence-electron chi connectivity index (χ3n) is 2.49. The highest BCUT2D eigenvalue weighted by molar-refractivity contribution is 5.80. The van der Waals surface area contributed by atoms with Crippen LogP contribution in [0.2, 0.25) is 0 Å². The molecule has 0 fully saturated rings. The van der Waals surface area contributed by atoms with Gasteiger partial charge < -0.3 is 15.9 Å². The number of hydrogen-bond donors (Lipinski definition) is 3. The second-order valence-electron chi connectivity index (χ2n) is 3.87. The molecule has 0 amide bonds. The molecular formula is C12H12N2O3. The van der Waals surface area contributed by atoms with E-state index >= 15 is 0 Å². The number of nitrogens with zero attached hydrogens (tertiary/aromatic N) is 1. The Bertz CT molecular complexity index is 569. The van der Waals surface area contributed by atoms with Gasteiger partial charge in [-0.15, -0.1) is 0 Å². The molecule has 0 bridgehead atoms. The minimum absolute atomic E-state index is 0.152. The largest absolute Gasteiger partial charge is 0.508 e. The third-order valence-corrected chi connectivity index (χ3v) is 2.49. The molecule has 1 atom stereocenters. The second-order valence-corrected chi connectivity index (χ2v) is 3.87. The number of pyridine rings is 1. The number of phenolic OH excluding ortho intramolecular Hbond substituents is 1. The number of hydrogen-bond acceptors (Lipinski definition) is 4. The first-order valence-electron chi connectivity index (χ1n) is 5.12. The molecule has 0 aliphatic rings. The van der Waals surface area contributed by atoms with Crippen LogP contribution in [0, 0.1) is 0 Å². The molecule has 17 heavy (non-hydrogen) atoms. The molecule has 1 heterocycles. The lowest BCUT2D eigenvalue weighted by Gasteiger charge is -2.07. The molecule has 0 radical (unpaired) electrons. The van der Waals surface area contributed by atoms with Crippen LogP contribution in [-0.2, 0) is 11.2 Å². The van der Waals surface area contributed by atoms with Crippen LogP contribution in [0.15, 0.2) is 30.5 Å².